The number of hydrogen-bond donors (Lipinski definition) is 2. The number of halogens is 3. The van der Waals surface area contributed by atoms with Crippen molar-refractivity contribution in [2.45, 2.75) is 18.8 Å². The summed E-state index contributed by atoms with van der Waals surface area (Å²) in [5, 5.41) is 4.53. The Morgan fingerprint density at radius 2 is 1.70 bits per heavy atom. The molecule has 0 aliphatic heterocycles. The van der Waals surface area contributed by atoms with Crippen LogP contribution in [0.3, 0.4) is 0 Å². The Hall–Kier alpha value is -3.33. The first-order chi connectivity index (χ1) is 14.2. The van der Waals surface area contributed by atoms with Crippen LogP contribution < -0.4 is 15.8 Å². The largest absolute Gasteiger partial charge is 0.573 e. The summed E-state index contributed by atoms with van der Waals surface area (Å²) in [6, 6.07) is 15.4. The molecule has 0 radical (unpaired) electrons. The number of ether oxygens (including phenoxy) is 1. The molecule has 9 heteroatoms. The second kappa shape index (κ2) is 9.00. The highest BCUT2D eigenvalue weighted by atomic mass is 32.1. The molecule has 3 rings (SSSR count). The number of carbonyl (C=O) groups excluding carboxylic acids is 2. The number of nitrogens with one attached hydrogen (secondary N) is 1. The van der Waals surface area contributed by atoms with E-state index in [2.05, 4.69) is 10.1 Å². The zero-order chi connectivity index (χ0) is 21.7. The maximum absolute atomic E-state index is 12.7. The molecular formula is C21H17F3N2O3S. The molecule has 3 aromatic rings. The Morgan fingerprint density at radius 3 is 2.30 bits per heavy atom. The number of alkyl halides is 3. The predicted octanol–water partition coefficient (Wildman–Crippen LogP) is 4.66. The third kappa shape index (κ3) is 5.84. The lowest BCUT2D eigenvalue weighted by Gasteiger charge is -2.17. The molecule has 2 amide bonds. The number of primary amides is 1. The van der Waals surface area contributed by atoms with Crippen LogP contribution in [0.2, 0.25) is 0 Å². The normalized spacial score (nSPS) is 12.2. The van der Waals surface area contributed by atoms with Crippen molar-refractivity contribution < 1.29 is 27.5 Å². The molecule has 5 nitrogen and oxygen atoms in total. The van der Waals surface area contributed by atoms with Gasteiger partial charge in [0.2, 0.25) is 5.91 Å². The van der Waals surface area contributed by atoms with Crippen LogP contribution in [0.4, 0.5) is 13.2 Å². The minimum atomic E-state index is -4.75. The lowest BCUT2D eigenvalue weighted by atomic mass is 10.0. The van der Waals surface area contributed by atoms with Gasteiger partial charge in [-0.25, -0.2) is 0 Å². The molecule has 0 saturated carbocycles. The molecule has 30 heavy (non-hydrogen) atoms. The predicted molar refractivity (Wildman–Crippen MR) is 107 cm³/mol. The maximum Gasteiger partial charge on any atom is 0.573 e. The smallest absolute Gasteiger partial charge is 0.406 e. The van der Waals surface area contributed by atoms with E-state index in [0.29, 0.717) is 16.0 Å². The second-order valence-corrected chi connectivity index (χ2v) is 7.29. The first kappa shape index (κ1) is 21.4. The quantitative estimate of drug-likeness (QED) is 0.568. The van der Waals surface area contributed by atoms with Gasteiger partial charge in [0, 0.05) is 0 Å². The highest BCUT2D eigenvalue weighted by Crippen LogP contribution is 2.29. The summed E-state index contributed by atoms with van der Waals surface area (Å²) < 4.78 is 40.7. The molecule has 1 heterocycles. The van der Waals surface area contributed by atoms with Crippen LogP contribution in [0, 0.1) is 0 Å². The highest BCUT2D eigenvalue weighted by molar-refractivity contribution is 7.12. The zero-order valence-electron chi connectivity index (χ0n) is 15.5. The molecular weight excluding hydrogens is 417 g/mol. The number of carbonyl (C=O) groups is 2. The van der Waals surface area contributed by atoms with E-state index in [9.17, 15) is 22.8 Å². The van der Waals surface area contributed by atoms with Gasteiger partial charge >= 0.3 is 6.36 Å². The van der Waals surface area contributed by atoms with Gasteiger partial charge in [0.1, 0.15) is 5.75 Å². The number of nitrogens with two attached hydrogens (primary N) is 1. The van der Waals surface area contributed by atoms with Gasteiger partial charge in [-0.1, -0.05) is 42.5 Å². The van der Waals surface area contributed by atoms with Crippen LogP contribution in [-0.2, 0) is 4.79 Å². The first-order valence-electron chi connectivity index (χ1n) is 8.80. The molecule has 0 aliphatic carbocycles. The van der Waals surface area contributed by atoms with E-state index in [1.54, 1.807) is 35.7 Å². The van der Waals surface area contributed by atoms with Gasteiger partial charge in [-0.15, -0.1) is 24.5 Å². The van der Waals surface area contributed by atoms with Gasteiger partial charge in [-0.05, 0) is 40.3 Å². The van der Waals surface area contributed by atoms with E-state index in [1.165, 1.54) is 35.6 Å². The molecule has 1 unspecified atom stereocenters. The molecule has 0 bridgehead atoms. The summed E-state index contributed by atoms with van der Waals surface area (Å²) in [4.78, 5) is 24.5. The first-order valence-corrected chi connectivity index (χ1v) is 9.68. The van der Waals surface area contributed by atoms with Crippen LogP contribution in [0.25, 0.3) is 11.1 Å². The Labute approximate surface area is 174 Å². The number of rotatable bonds is 7. The monoisotopic (exact) mass is 434 g/mol. The van der Waals surface area contributed by atoms with E-state index < -0.39 is 18.3 Å². The minimum absolute atomic E-state index is 0.0470. The second-order valence-electron chi connectivity index (χ2n) is 6.38. The number of benzene rings is 2. The topological polar surface area (TPSA) is 81.4 Å². The van der Waals surface area contributed by atoms with Crippen molar-refractivity contribution in [1.29, 1.82) is 0 Å². The molecule has 1 atom stereocenters. The molecule has 1 aromatic heterocycles. The fourth-order valence-electron chi connectivity index (χ4n) is 2.82. The summed E-state index contributed by atoms with van der Waals surface area (Å²) >= 11 is 1.18. The number of amides is 2. The Bertz CT molecular complexity index is 1020. The van der Waals surface area contributed by atoms with E-state index in [-0.39, 0.29) is 18.1 Å². The number of thiophene rings is 1. The van der Waals surface area contributed by atoms with Crippen molar-refractivity contribution in [3.05, 3.63) is 76.5 Å². The summed E-state index contributed by atoms with van der Waals surface area (Å²) in [6.07, 6.45) is -4.80. The Kier molecular flexibility index (Phi) is 6.41. The molecule has 156 valence electrons. The summed E-state index contributed by atoms with van der Waals surface area (Å²) in [7, 11) is 0. The van der Waals surface area contributed by atoms with Crippen molar-refractivity contribution in [3.8, 4) is 16.9 Å². The summed E-state index contributed by atoms with van der Waals surface area (Å²) in [6.45, 7) is 0. The van der Waals surface area contributed by atoms with E-state index in [1.807, 2.05) is 6.07 Å². The fourth-order valence-corrected chi connectivity index (χ4v) is 3.64. The summed E-state index contributed by atoms with van der Waals surface area (Å²) in [5.74, 6) is -1.24. The average Bonchev–Trinajstić information content (AvgIpc) is 3.17. The van der Waals surface area contributed by atoms with E-state index in [0.717, 1.165) is 5.56 Å². The molecule has 3 N–H and O–H groups in total. The molecule has 0 saturated heterocycles. The lowest BCUT2D eigenvalue weighted by Crippen LogP contribution is -2.31. The third-order valence-electron chi connectivity index (χ3n) is 4.16. The standard InChI is InChI=1S/C21H17F3N2O3S/c22-21(23,24)29-16-8-6-13(7-9-16)15-10-18(30-12-15)20(28)26-17(11-19(25)27)14-4-2-1-3-5-14/h1-10,12,17H,11H2,(H2,25,27)(H,26,28). The van der Waals surface area contributed by atoms with Gasteiger partial charge in [0.15, 0.2) is 0 Å². The van der Waals surface area contributed by atoms with E-state index in [4.69, 9.17) is 5.73 Å². The molecule has 0 spiro atoms. The third-order valence-corrected chi connectivity index (χ3v) is 5.09. The van der Waals surface area contributed by atoms with Gasteiger partial charge in [-0.3, -0.25) is 9.59 Å². The fraction of sp³-hybridized carbons (Fsp3) is 0.143. The average molecular weight is 434 g/mol. The molecule has 0 fully saturated rings. The summed E-state index contributed by atoms with van der Waals surface area (Å²) in [5.41, 5.74) is 7.37. The Morgan fingerprint density at radius 1 is 1.03 bits per heavy atom. The van der Waals surface area contributed by atoms with Crippen LogP contribution >= 0.6 is 11.3 Å². The molecule has 0 aliphatic rings. The van der Waals surface area contributed by atoms with Gasteiger partial charge in [0.25, 0.3) is 5.91 Å². The number of hydrogen-bond acceptors (Lipinski definition) is 4. The zero-order valence-corrected chi connectivity index (χ0v) is 16.3. The van der Waals surface area contributed by atoms with Crippen molar-refractivity contribution in [2.75, 3.05) is 0 Å². The van der Waals surface area contributed by atoms with Crippen LogP contribution in [-0.4, -0.2) is 18.2 Å². The van der Waals surface area contributed by atoms with Crippen molar-refractivity contribution in [2.24, 2.45) is 5.73 Å². The lowest BCUT2D eigenvalue weighted by molar-refractivity contribution is -0.274. The highest BCUT2D eigenvalue weighted by Gasteiger charge is 2.31. The minimum Gasteiger partial charge on any atom is -0.406 e. The van der Waals surface area contributed by atoms with Crippen molar-refractivity contribution in [1.82, 2.24) is 5.32 Å². The van der Waals surface area contributed by atoms with Crippen molar-refractivity contribution in [3.63, 3.8) is 0 Å². The van der Waals surface area contributed by atoms with Crippen LogP contribution in [0.1, 0.15) is 27.7 Å². The van der Waals surface area contributed by atoms with Crippen molar-refractivity contribution >= 4 is 23.2 Å². The van der Waals surface area contributed by atoms with Crippen LogP contribution in [0.15, 0.2) is 66.0 Å². The van der Waals surface area contributed by atoms with Gasteiger partial charge in [-0.2, -0.15) is 0 Å². The van der Waals surface area contributed by atoms with Crippen LogP contribution in [0.5, 0.6) is 5.75 Å². The van der Waals surface area contributed by atoms with Gasteiger partial charge in [0.05, 0.1) is 17.3 Å². The van der Waals surface area contributed by atoms with Gasteiger partial charge < -0.3 is 15.8 Å². The maximum atomic E-state index is 12.7. The SMILES string of the molecule is NC(=O)CC(NC(=O)c1cc(-c2ccc(OC(F)(F)F)cc2)cs1)c1ccccc1. The molecule has 2 aromatic carbocycles. The Balaban J connectivity index is 1.73. The van der Waals surface area contributed by atoms with E-state index >= 15 is 0 Å².